The third-order valence-corrected chi connectivity index (χ3v) is 3.51. The molecular weight excluding hydrogens is 202 g/mol. The van der Waals surface area contributed by atoms with E-state index in [0.29, 0.717) is 12.5 Å². The lowest BCUT2D eigenvalue weighted by molar-refractivity contribution is -0.141. The van der Waals surface area contributed by atoms with Crippen LogP contribution in [-0.4, -0.2) is 30.6 Å². The number of rotatable bonds is 2. The summed E-state index contributed by atoms with van der Waals surface area (Å²) in [5.41, 5.74) is 1.32. The van der Waals surface area contributed by atoms with Crippen molar-refractivity contribution in [1.82, 2.24) is 4.90 Å². The van der Waals surface area contributed by atoms with Crippen LogP contribution in [0.15, 0.2) is 30.3 Å². The predicted octanol–water partition coefficient (Wildman–Crippen LogP) is 1.29. The largest absolute Gasteiger partial charge is 0.465 e. The molecule has 3 nitrogen and oxygen atoms in total. The van der Waals surface area contributed by atoms with Gasteiger partial charge < -0.3 is 4.74 Å². The fourth-order valence-corrected chi connectivity index (χ4v) is 2.66. The maximum atomic E-state index is 11.4. The number of esters is 1. The van der Waals surface area contributed by atoms with E-state index in [1.165, 1.54) is 5.56 Å². The summed E-state index contributed by atoms with van der Waals surface area (Å²) in [6, 6.07) is 10.4. The van der Waals surface area contributed by atoms with Crippen LogP contribution in [0.5, 0.6) is 0 Å². The minimum absolute atomic E-state index is 0.000520. The Balaban J connectivity index is 1.65. The molecule has 0 unspecified atom stereocenters. The van der Waals surface area contributed by atoms with Gasteiger partial charge in [-0.2, -0.15) is 0 Å². The quantitative estimate of drug-likeness (QED) is 0.699. The van der Waals surface area contributed by atoms with Gasteiger partial charge in [0.15, 0.2) is 0 Å². The summed E-state index contributed by atoms with van der Waals surface area (Å²) in [6.45, 7) is 3.42. The number of carbonyl (C=O) groups is 1. The summed E-state index contributed by atoms with van der Waals surface area (Å²) in [7, 11) is 0. The third kappa shape index (κ3) is 1.71. The Morgan fingerprint density at radius 3 is 2.81 bits per heavy atom. The molecule has 0 radical (unpaired) electrons. The molecule has 2 heterocycles. The van der Waals surface area contributed by atoms with Crippen LogP contribution >= 0.6 is 0 Å². The molecule has 2 fully saturated rings. The van der Waals surface area contributed by atoms with Crippen LogP contribution in [0.2, 0.25) is 0 Å². The highest BCUT2D eigenvalue weighted by Crippen LogP contribution is 2.30. The molecule has 3 heteroatoms. The first-order valence-corrected chi connectivity index (χ1v) is 5.76. The zero-order valence-corrected chi connectivity index (χ0v) is 9.13. The molecule has 84 valence electrons. The van der Waals surface area contributed by atoms with Gasteiger partial charge >= 0.3 is 5.97 Å². The van der Waals surface area contributed by atoms with Gasteiger partial charge in [-0.1, -0.05) is 30.3 Å². The van der Waals surface area contributed by atoms with Crippen LogP contribution in [0.25, 0.3) is 0 Å². The van der Waals surface area contributed by atoms with Crippen molar-refractivity contribution in [2.24, 2.45) is 11.8 Å². The van der Waals surface area contributed by atoms with Crippen molar-refractivity contribution in [2.45, 2.75) is 6.54 Å². The van der Waals surface area contributed by atoms with Gasteiger partial charge in [0, 0.05) is 25.6 Å². The van der Waals surface area contributed by atoms with Gasteiger partial charge in [-0.15, -0.1) is 0 Å². The molecule has 0 amide bonds. The fraction of sp³-hybridized carbons (Fsp3) is 0.462. The van der Waals surface area contributed by atoms with Crippen molar-refractivity contribution >= 4 is 5.97 Å². The number of hydrogen-bond acceptors (Lipinski definition) is 3. The Hall–Kier alpha value is -1.35. The third-order valence-electron chi connectivity index (χ3n) is 3.51. The van der Waals surface area contributed by atoms with Crippen LogP contribution in [0.4, 0.5) is 0 Å². The van der Waals surface area contributed by atoms with E-state index in [2.05, 4.69) is 29.2 Å². The molecule has 0 saturated carbocycles. The molecule has 2 aliphatic heterocycles. The summed E-state index contributed by atoms with van der Waals surface area (Å²) in [5.74, 6) is 0.556. The number of likely N-dealkylation sites (tertiary alicyclic amines) is 1. The van der Waals surface area contributed by atoms with Crippen LogP contribution in [0.1, 0.15) is 5.56 Å². The number of benzene rings is 1. The Labute approximate surface area is 95.0 Å². The Morgan fingerprint density at radius 2 is 2.06 bits per heavy atom. The summed E-state index contributed by atoms with van der Waals surface area (Å²) in [6.07, 6.45) is 0. The number of carbonyl (C=O) groups excluding carboxylic acids is 1. The van der Waals surface area contributed by atoms with Gasteiger partial charge in [-0.05, 0) is 5.56 Å². The van der Waals surface area contributed by atoms with Crippen molar-refractivity contribution in [3.05, 3.63) is 35.9 Å². The topological polar surface area (TPSA) is 29.5 Å². The van der Waals surface area contributed by atoms with Crippen LogP contribution in [0.3, 0.4) is 0 Å². The van der Waals surface area contributed by atoms with Crippen molar-refractivity contribution in [2.75, 3.05) is 19.7 Å². The summed E-state index contributed by atoms with van der Waals surface area (Å²) < 4.78 is 5.05. The zero-order chi connectivity index (χ0) is 11.0. The van der Waals surface area contributed by atoms with Crippen molar-refractivity contribution in [1.29, 1.82) is 0 Å². The van der Waals surface area contributed by atoms with Crippen molar-refractivity contribution in [3.8, 4) is 0 Å². The van der Waals surface area contributed by atoms with Gasteiger partial charge in [0.2, 0.25) is 0 Å². The number of hydrogen-bond donors (Lipinski definition) is 0. The SMILES string of the molecule is O=C1OC[C@H]2CN(Cc3ccccc3)C[C@@H]12. The Kier molecular flexibility index (Phi) is 2.40. The van der Waals surface area contributed by atoms with Crippen LogP contribution < -0.4 is 0 Å². The van der Waals surface area contributed by atoms with Crippen molar-refractivity contribution < 1.29 is 9.53 Å². The molecule has 0 aliphatic carbocycles. The van der Waals surface area contributed by atoms with E-state index in [4.69, 9.17) is 4.74 Å². The van der Waals surface area contributed by atoms with E-state index in [-0.39, 0.29) is 11.9 Å². The molecule has 0 bridgehead atoms. The molecule has 2 atom stereocenters. The minimum Gasteiger partial charge on any atom is -0.465 e. The highest BCUT2D eigenvalue weighted by molar-refractivity contribution is 5.75. The molecule has 2 saturated heterocycles. The monoisotopic (exact) mass is 217 g/mol. The average molecular weight is 217 g/mol. The maximum absolute atomic E-state index is 11.4. The highest BCUT2D eigenvalue weighted by atomic mass is 16.5. The predicted molar refractivity (Wildman–Crippen MR) is 59.7 cm³/mol. The number of fused-ring (bicyclic) bond motifs is 1. The first-order chi connectivity index (χ1) is 7.83. The molecule has 0 N–H and O–H groups in total. The number of nitrogens with zero attached hydrogens (tertiary/aromatic N) is 1. The second kappa shape index (κ2) is 3.91. The standard InChI is InChI=1S/C13H15NO2/c15-13-12-8-14(7-11(12)9-16-13)6-10-4-2-1-3-5-10/h1-5,11-12H,6-9H2/t11-,12-/m1/s1. The average Bonchev–Trinajstić information content (AvgIpc) is 2.83. The fourth-order valence-electron chi connectivity index (χ4n) is 2.66. The Bertz CT molecular complexity index is 390. The highest BCUT2D eigenvalue weighted by Gasteiger charge is 2.43. The number of cyclic esters (lactones) is 1. The lowest BCUT2D eigenvalue weighted by Gasteiger charge is -2.16. The molecular formula is C13H15NO2. The van der Waals surface area contributed by atoms with E-state index >= 15 is 0 Å². The lowest BCUT2D eigenvalue weighted by atomic mass is 10.0. The van der Waals surface area contributed by atoms with E-state index in [1.54, 1.807) is 0 Å². The van der Waals surface area contributed by atoms with Crippen LogP contribution in [-0.2, 0) is 16.1 Å². The first-order valence-electron chi connectivity index (χ1n) is 5.76. The smallest absolute Gasteiger partial charge is 0.310 e. The van der Waals surface area contributed by atoms with E-state index in [0.717, 1.165) is 19.6 Å². The molecule has 0 spiro atoms. The normalized spacial score (nSPS) is 29.1. The van der Waals surface area contributed by atoms with Crippen LogP contribution in [0, 0.1) is 11.8 Å². The van der Waals surface area contributed by atoms with E-state index in [1.807, 2.05) is 6.07 Å². The molecule has 1 aromatic carbocycles. The van der Waals surface area contributed by atoms with Gasteiger partial charge in [0.25, 0.3) is 0 Å². The zero-order valence-electron chi connectivity index (χ0n) is 9.13. The van der Waals surface area contributed by atoms with Gasteiger partial charge in [-0.25, -0.2) is 0 Å². The van der Waals surface area contributed by atoms with Gasteiger partial charge in [0.1, 0.15) is 0 Å². The van der Waals surface area contributed by atoms with E-state index < -0.39 is 0 Å². The van der Waals surface area contributed by atoms with Gasteiger partial charge in [-0.3, -0.25) is 9.69 Å². The summed E-state index contributed by atoms with van der Waals surface area (Å²) in [5, 5.41) is 0. The molecule has 3 rings (SSSR count). The molecule has 16 heavy (non-hydrogen) atoms. The number of ether oxygens (including phenoxy) is 1. The maximum Gasteiger partial charge on any atom is 0.310 e. The minimum atomic E-state index is 0.000520. The molecule has 2 aliphatic rings. The first kappa shape index (κ1) is 9.85. The molecule has 1 aromatic rings. The summed E-state index contributed by atoms with van der Waals surface area (Å²) in [4.78, 5) is 13.8. The lowest BCUT2D eigenvalue weighted by Crippen LogP contribution is -2.23. The Morgan fingerprint density at radius 1 is 1.25 bits per heavy atom. The molecule has 0 aromatic heterocycles. The van der Waals surface area contributed by atoms with Gasteiger partial charge in [0.05, 0.1) is 12.5 Å². The summed E-state index contributed by atoms with van der Waals surface area (Å²) >= 11 is 0. The van der Waals surface area contributed by atoms with E-state index in [9.17, 15) is 4.79 Å². The second-order valence-electron chi connectivity index (χ2n) is 4.68. The second-order valence-corrected chi connectivity index (χ2v) is 4.68. The van der Waals surface area contributed by atoms with Crippen molar-refractivity contribution in [3.63, 3.8) is 0 Å².